The maximum atomic E-state index is 17.0. The smallest absolute Gasteiger partial charge is 0.319 e. The Hall–Kier alpha value is -3.60. The number of hydrogen-bond acceptors (Lipinski definition) is 8. The van der Waals surface area contributed by atoms with Crippen molar-refractivity contribution in [2.45, 2.75) is 57.0 Å². The lowest BCUT2D eigenvalue weighted by Gasteiger charge is -2.34. The fraction of sp³-hybridized carbons (Fsp3) is 0.500. The number of piperazine rings is 1. The number of aromatic nitrogens is 2. The molecule has 8 nitrogen and oxygen atoms in total. The van der Waals surface area contributed by atoms with Crippen LogP contribution >= 0.6 is 0 Å². The summed E-state index contributed by atoms with van der Waals surface area (Å²) in [6.45, 7) is 6.10. The Bertz CT molecular complexity index is 1850. The van der Waals surface area contributed by atoms with Crippen LogP contribution in [0.25, 0.3) is 32.8 Å². The van der Waals surface area contributed by atoms with Crippen molar-refractivity contribution in [3.63, 3.8) is 0 Å². The Kier molecular flexibility index (Phi) is 6.84. The Morgan fingerprint density at radius 1 is 1.02 bits per heavy atom. The van der Waals surface area contributed by atoms with Crippen molar-refractivity contribution in [1.82, 2.24) is 20.2 Å². The quantitative estimate of drug-likeness (QED) is 0.284. The first-order valence-electron chi connectivity index (χ1n) is 16.8. The van der Waals surface area contributed by atoms with Gasteiger partial charge in [-0.2, -0.15) is 9.97 Å². The van der Waals surface area contributed by atoms with Gasteiger partial charge in [-0.3, -0.25) is 4.90 Å². The van der Waals surface area contributed by atoms with Crippen molar-refractivity contribution in [1.29, 1.82) is 0 Å². The first-order valence-corrected chi connectivity index (χ1v) is 16.8. The van der Waals surface area contributed by atoms with E-state index in [1.165, 1.54) is 17.7 Å². The van der Waals surface area contributed by atoms with E-state index in [0.29, 0.717) is 48.5 Å². The van der Waals surface area contributed by atoms with E-state index in [1.54, 1.807) is 6.07 Å². The van der Waals surface area contributed by atoms with Gasteiger partial charge in [0.2, 0.25) is 0 Å². The van der Waals surface area contributed by atoms with Gasteiger partial charge in [0, 0.05) is 55.6 Å². The average molecular weight is 628 g/mol. The molecule has 2 N–H and O–H groups in total. The second-order valence-electron chi connectivity index (χ2n) is 14.1. The number of anilines is 1. The zero-order valence-electron chi connectivity index (χ0n) is 26.0. The van der Waals surface area contributed by atoms with Gasteiger partial charge in [0.1, 0.15) is 22.9 Å². The van der Waals surface area contributed by atoms with Gasteiger partial charge in [-0.1, -0.05) is 12.1 Å². The van der Waals surface area contributed by atoms with Crippen LogP contribution in [0.4, 0.5) is 14.6 Å². The molecule has 3 saturated heterocycles. The molecule has 1 saturated carbocycles. The number of aromatic hydroxyl groups is 1. The molecule has 1 aromatic heterocycles. The lowest BCUT2D eigenvalue weighted by Crippen LogP contribution is -2.51. The summed E-state index contributed by atoms with van der Waals surface area (Å²) in [6, 6.07) is 9.30. The summed E-state index contributed by atoms with van der Waals surface area (Å²) in [5.41, 5.74) is 2.55. The van der Waals surface area contributed by atoms with Crippen LogP contribution in [0.5, 0.6) is 11.8 Å². The van der Waals surface area contributed by atoms with Gasteiger partial charge in [0.25, 0.3) is 0 Å². The largest absolute Gasteiger partial charge is 0.508 e. The minimum atomic E-state index is -0.751. The van der Waals surface area contributed by atoms with E-state index in [1.807, 2.05) is 6.07 Å². The molecule has 46 heavy (non-hydrogen) atoms. The summed E-state index contributed by atoms with van der Waals surface area (Å²) >= 11 is 0. The third-order valence-corrected chi connectivity index (χ3v) is 10.9. The van der Waals surface area contributed by atoms with E-state index in [4.69, 9.17) is 14.5 Å². The second kappa shape index (κ2) is 11.0. The molecule has 3 aliphatic heterocycles. The number of aryl methyl sites for hydroxylation is 2. The van der Waals surface area contributed by atoms with Crippen molar-refractivity contribution in [2.24, 2.45) is 5.41 Å². The standard InChI is InChI=1S/C36H39F2N5O3/c37-29-16-28-33(32(38)31(29)27-15-25(44)14-22-5-4-21-2-1-3-26(21)30(22)27)40-35(41-34(28)43-17-23-6-7-24(18-43)39-23)46-20-36(8-9-36)19-42-10-12-45-13-11-42/h4-5,14-16,23-24,39,44H,1-3,6-13,17-20H2/t23-,24+. The molecule has 2 aliphatic carbocycles. The molecule has 5 aliphatic rings. The van der Waals surface area contributed by atoms with Gasteiger partial charge in [-0.15, -0.1) is 0 Å². The molecule has 0 amide bonds. The minimum absolute atomic E-state index is 0.0251. The van der Waals surface area contributed by atoms with Crippen molar-refractivity contribution in [2.75, 3.05) is 57.4 Å². The van der Waals surface area contributed by atoms with E-state index >= 15 is 8.78 Å². The summed E-state index contributed by atoms with van der Waals surface area (Å²) in [6.07, 6.45) is 7.02. The molecule has 2 bridgehead atoms. The van der Waals surface area contributed by atoms with Gasteiger partial charge < -0.3 is 24.8 Å². The number of phenolic OH excluding ortho intramolecular Hbond substituents is 1. The lowest BCUT2D eigenvalue weighted by molar-refractivity contribution is 0.0231. The number of fused-ring (bicyclic) bond motifs is 6. The number of morpholine rings is 1. The van der Waals surface area contributed by atoms with Crippen LogP contribution < -0.4 is 15.0 Å². The first-order chi connectivity index (χ1) is 22.4. The Balaban J connectivity index is 1.16. The highest BCUT2D eigenvalue weighted by Crippen LogP contribution is 2.47. The number of nitrogens with zero attached hydrogens (tertiary/aromatic N) is 4. The molecular weight excluding hydrogens is 588 g/mol. The zero-order chi connectivity index (χ0) is 31.0. The Morgan fingerprint density at radius 3 is 2.61 bits per heavy atom. The number of hydrogen-bond donors (Lipinski definition) is 2. The minimum Gasteiger partial charge on any atom is -0.508 e. The zero-order valence-corrected chi connectivity index (χ0v) is 26.0. The topological polar surface area (TPSA) is 83.0 Å². The molecule has 3 aromatic carbocycles. The van der Waals surface area contributed by atoms with Crippen LogP contribution in [-0.4, -0.2) is 84.6 Å². The van der Waals surface area contributed by atoms with Crippen LogP contribution in [0, 0.1) is 17.0 Å². The number of phenols is 1. The van der Waals surface area contributed by atoms with Gasteiger partial charge in [-0.05, 0) is 90.6 Å². The van der Waals surface area contributed by atoms with Crippen molar-refractivity contribution in [3.05, 3.63) is 53.1 Å². The van der Waals surface area contributed by atoms with Gasteiger partial charge in [-0.25, -0.2) is 8.78 Å². The van der Waals surface area contributed by atoms with E-state index in [9.17, 15) is 5.11 Å². The normalized spacial score (nSPS) is 23.7. The second-order valence-corrected chi connectivity index (χ2v) is 14.1. The fourth-order valence-electron chi connectivity index (χ4n) is 8.40. The highest BCUT2D eigenvalue weighted by Gasteiger charge is 2.45. The van der Waals surface area contributed by atoms with Gasteiger partial charge in [0.15, 0.2) is 5.82 Å². The van der Waals surface area contributed by atoms with Crippen molar-refractivity contribution < 1.29 is 23.4 Å². The molecule has 10 heteroatoms. The predicted molar refractivity (Wildman–Crippen MR) is 173 cm³/mol. The molecule has 240 valence electrons. The summed E-state index contributed by atoms with van der Waals surface area (Å²) in [5.74, 6) is -0.953. The summed E-state index contributed by atoms with van der Waals surface area (Å²) < 4.78 is 45.2. The molecule has 4 aromatic rings. The maximum Gasteiger partial charge on any atom is 0.319 e. The number of rotatable bonds is 7. The first kappa shape index (κ1) is 28.6. The van der Waals surface area contributed by atoms with Crippen LogP contribution in [0.1, 0.15) is 43.2 Å². The number of nitrogens with one attached hydrogen (secondary N) is 1. The van der Waals surface area contributed by atoms with Crippen LogP contribution in [0.15, 0.2) is 30.3 Å². The average Bonchev–Trinajstić information content (AvgIpc) is 3.48. The van der Waals surface area contributed by atoms with Crippen molar-refractivity contribution >= 4 is 27.5 Å². The monoisotopic (exact) mass is 627 g/mol. The summed E-state index contributed by atoms with van der Waals surface area (Å²) in [5, 5.41) is 16.2. The molecule has 4 fully saturated rings. The predicted octanol–water partition coefficient (Wildman–Crippen LogP) is 5.35. The number of halogens is 2. The van der Waals surface area contributed by atoms with E-state index in [2.05, 4.69) is 26.2 Å². The van der Waals surface area contributed by atoms with E-state index in [-0.39, 0.29) is 28.3 Å². The molecule has 4 heterocycles. The molecule has 0 spiro atoms. The SMILES string of the molecule is Oc1cc(-c2c(F)cc3c(N4C[C@H]5CC[C@@H](C4)N5)nc(OCC4(CN5CCOCC5)CC4)nc3c2F)c2c3c(ccc2c1)CCC3. The molecular formula is C36H39F2N5O3. The fourth-order valence-corrected chi connectivity index (χ4v) is 8.40. The Labute approximate surface area is 266 Å². The molecule has 0 unspecified atom stereocenters. The van der Waals surface area contributed by atoms with Crippen molar-refractivity contribution in [3.8, 4) is 22.9 Å². The molecule has 2 atom stereocenters. The maximum absolute atomic E-state index is 17.0. The number of ether oxygens (including phenoxy) is 2. The van der Waals surface area contributed by atoms with Gasteiger partial charge >= 0.3 is 6.01 Å². The van der Waals surface area contributed by atoms with E-state index < -0.39 is 11.6 Å². The van der Waals surface area contributed by atoms with Crippen LogP contribution in [0.2, 0.25) is 0 Å². The van der Waals surface area contributed by atoms with E-state index in [0.717, 1.165) is 94.1 Å². The highest BCUT2D eigenvalue weighted by molar-refractivity contribution is 6.03. The van der Waals surface area contributed by atoms with Gasteiger partial charge in [0.05, 0.1) is 25.4 Å². The van der Waals surface area contributed by atoms with Crippen LogP contribution in [0.3, 0.4) is 0 Å². The van der Waals surface area contributed by atoms with Crippen LogP contribution in [-0.2, 0) is 17.6 Å². The number of benzene rings is 3. The molecule has 0 radical (unpaired) electrons. The summed E-state index contributed by atoms with van der Waals surface area (Å²) in [7, 11) is 0. The Morgan fingerprint density at radius 2 is 1.83 bits per heavy atom. The highest BCUT2D eigenvalue weighted by atomic mass is 19.1. The third kappa shape index (κ3) is 4.96. The summed E-state index contributed by atoms with van der Waals surface area (Å²) in [4.78, 5) is 14.1. The third-order valence-electron chi connectivity index (χ3n) is 10.9. The lowest BCUT2D eigenvalue weighted by atomic mass is 9.91. The molecule has 9 rings (SSSR count).